The second-order valence-electron chi connectivity index (χ2n) is 7.93. The van der Waals surface area contributed by atoms with Crippen LogP contribution in [0.25, 0.3) is 16.6 Å². The topological polar surface area (TPSA) is 81.8 Å². The van der Waals surface area contributed by atoms with Gasteiger partial charge in [-0.25, -0.2) is 9.36 Å². The van der Waals surface area contributed by atoms with E-state index in [1.54, 1.807) is 4.68 Å². The van der Waals surface area contributed by atoms with Gasteiger partial charge < -0.3 is 5.32 Å². The lowest BCUT2D eigenvalue weighted by atomic mass is 10.1. The highest BCUT2D eigenvalue weighted by Gasteiger charge is 2.17. The van der Waals surface area contributed by atoms with Gasteiger partial charge in [0.1, 0.15) is 0 Å². The van der Waals surface area contributed by atoms with Crippen LogP contribution in [0, 0.1) is 20.8 Å². The van der Waals surface area contributed by atoms with E-state index in [4.69, 9.17) is 0 Å². The van der Waals surface area contributed by atoms with Crippen LogP contribution in [0.1, 0.15) is 36.7 Å². The van der Waals surface area contributed by atoms with Gasteiger partial charge in [0.15, 0.2) is 5.52 Å². The number of carbonyl (C=O) groups excluding carboxylic acids is 1. The van der Waals surface area contributed by atoms with E-state index in [-0.39, 0.29) is 11.5 Å². The summed E-state index contributed by atoms with van der Waals surface area (Å²) >= 11 is 0. The summed E-state index contributed by atoms with van der Waals surface area (Å²) in [7, 11) is 0. The van der Waals surface area contributed by atoms with Crippen LogP contribution in [0.2, 0.25) is 0 Å². The molecule has 1 aromatic carbocycles. The number of aryl methyl sites for hydroxylation is 4. The Balaban J connectivity index is 1.77. The zero-order valence-electron chi connectivity index (χ0n) is 18.7. The van der Waals surface area contributed by atoms with Crippen molar-refractivity contribution in [2.24, 2.45) is 0 Å². The van der Waals surface area contributed by atoms with Crippen molar-refractivity contribution in [3.8, 4) is 5.69 Å². The van der Waals surface area contributed by atoms with Crippen LogP contribution in [0.3, 0.4) is 0 Å². The summed E-state index contributed by atoms with van der Waals surface area (Å²) in [5, 5.41) is 12.6. The van der Waals surface area contributed by atoms with Crippen LogP contribution < -0.4 is 10.9 Å². The zero-order chi connectivity index (χ0) is 22.7. The molecule has 0 atom stereocenters. The lowest BCUT2D eigenvalue weighted by molar-refractivity contribution is -0.121. The molecule has 0 saturated heterocycles. The molecular weight excluding hydrogens is 390 g/mol. The first-order valence-electron chi connectivity index (χ1n) is 10.3. The second kappa shape index (κ2) is 9.12. The maximum absolute atomic E-state index is 13.0. The Morgan fingerprint density at radius 3 is 2.42 bits per heavy atom. The standard InChI is InChI=1S/C24H29N5O2/c1-15(2)17(4)14-25-21(30)8-7-13-28-24(31)23-22(18(5)26-28)19(6)29(27-23)20-11-9-16(3)10-12-20/h9-12H,1,4,7-8,13-14H2,2-3,5-6H3,(H,25,30). The highest BCUT2D eigenvalue weighted by atomic mass is 16.1. The Morgan fingerprint density at radius 2 is 1.77 bits per heavy atom. The fourth-order valence-corrected chi connectivity index (χ4v) is 3.41. The van der Waals surface area contributed by atoms with Crippen molar-refractivity contribution in [1.29, 1.82) is 0 Å². The first-order chi connectivity index (χ1) is 14.7. The molecule has 0 aliphatic rings. The third-order valence-electron chi connectivity index (χ3n) is 5.34. The number of benzene rings is 1. The number of fused-ring (bicyclic) bond motifs is 1. The minimum atomic E-state index is -0.245. The molecule has 0 radical (unpaired) electrons. The Kier molecular flexibility index (Phi) is 6.53. The molecule has 2 aromatic heterocycles. The lowest BCUT2D eigenvalue weighted by Gasteiger charge is -2.09. The predicted molar refractivity (Wildman–Crippen MR) is 124 cm³/mol. The average Bonchev–Trinajstić information content (AvgIpc) is 3.08. The summed E-state index contributed by atoms with van der Waals surface area (Å²) in [6, 6.07) is 8.00. The molecule has 0 aliphatic heterocycles. The molecule has 1 amide bonds. The molecule has 0 spiro atoms. The number of hydrogen-bond acceptors (Lipinski definition) is 4. The van der Waals surface area contributed by atoms with Gasteiger partial charge in [0, 0.05) is 19.5 Å². The molecule has 3 rings (SSSR count). The SMILES string of the molecule is C=C(C)C(=C)CNC(=O)CCCn1nc(C)c2c(C)n(-c3ccc(C)cc3)nc2c1=O. The number of carbonyl (C=O) groups is 1. The maximum atomic E-state index is 13.0. The van der Waals surface area contributed by atoms with Gasteiger partial charge in [-0.2, -0.15) is 10.2 Å². The molecule has 0 saturated carbocycles. The normalized spacial score (nSPS) is 11.0. The number of hydrogen-bond donors (Lipinski definition) is 1. The fourth-order valence-electron chi connectivity index (χ4n) is 3.41. The summed E-state index contributed by atoms with van der Waals surface area (Å²) in [6.07, 6.45) is 0.798. The molecular formula is C24H29N5O2. The summed E-state index contributed by atoms with van der Waals surface area (Å²) in [6.45, 7) is 16.1. The van der Waals surface area contributed by atoms with Crippen LogP contribution in [0.15, 0.2) is 53.4 Å². The predicted octanol–water partition coefficient (Wildman–Crippen LogP) is 3.54. The minimum Gasteiger partial charge on any atom is -0.352 e. The first kappa shape index (κ1) is 22.2. The third kappa shape index (κ3) is 4.82. The monoisotopic (exact) mass is 419 g/mol. The molecule has 162 valence electrons. The van der Waals surface area contributed by atoms with E-state index in [0.717, 1.165) is 39.2 Å². The van der Waals surface area contributed by atoms with Gasteiger partial charge in [-0.05, 0) is 51.8 Å². The van der Waals surface area contributed by atoms with Gasteiger partial charge in [0.2, 0.25) is 5.91 Å². The maximum Gasteiger partial charge on any atom is 0.295 e. The Morgan fingerprint density at radius 1 is 1.10 bits per heavy atom. The summed E-state index contributed by atoms with van der Waals surface area (Å²) in [5.41, 5.74) is 5.48. The van der Waals surface area contributed by atoms with Gasteiger partial charge >= 0.3 is 0 Å². The van der Waals surface area contributed by atoms with Crippen LogP contribution in [0.4, 0.5) is 0 Å². The Bertz CT molecular complexity index is 1220. The fraction of sp³-hybridized carbons (Fsp3) is 0.333. The minimum absolute atomic E-state index is 0.0901. The van der Waals surface area contributed by atoms with E-state index in [0.29, 0.717) is 31.4 Å². The van der Waals surface area contributed by atoms with Gasteiger partial charge in [-0.3, -0.25) is 9.59 Å². The van der Waals surface area contributed by atoms with Crippen molar-refractivity contribution in [3.05, 3.63) is 75.9 Å². The molecule has 0 aliphatic carbocycles. The van der Waals surface area contributed by atoms with Crippen molar-refractivity contribution >= 4 is 16.8 Å². The molecule has 7 heteroatoms. The van der Waals surface area contributed by atoms with Crippen LogP contribution in [-0.2, 0) is 11.3 Å². The largest absolute Gasteiger partial charge is 0.352 e. The molecule has 0 unspecified atom stereocenters. The summed E-state index contributed by atoms with van der Waals surface area (Å²) in [4.78, 5) is 25.0. The molecule has 0 bridgehead atoms. The van der Waals surface area contributed by atoms with Crippen molar-refractivity contribution in [2.45, 2.75) is 47.1 Å². The summed E-state index contributed by atoms with van der Waals surface area (Å²) < 4.78 is 3.19. The van der Waals surface area contributed by atoms with Gasteiger partial charge in [-0.15, -0.1) is 0 Å². The number of nitrogens with zero attached hydrogens (tertiary/aromatic N) is 4. The van der Waals surface area contributed by atoms with Crippen LogP contribution in [-0.4, -0.2) is 32.0 Å². The number of aromatic nitrogens is 4. The smallest absolute Gasteiger partial charge is 0.295 e. The van der Waals surface area contributed by atoms with Crippen LogP contribution in [0.5, 0.6) is 0 Å². The number of rotatable bonds is 8. The van der Waals surface area contributed by atoms with Crippen molar-refractivity contribution in [1.82, 2.24) is 24.9 Å². The molecule has 31 heavy (non-hydrogen) atoms. The van der Waals surface area contributed by atoms with Crippen molar-refractivity contribution in [2.75, 3.05) is 6.54 Å². The van der Waals surface area contributed by atoms with E-state index in [9.17, 15) is 9.59 Å². The first-order valence-corrected chi connectivity index (χ1v) is 10.3. The molecule has 7 nitrogen and oxygen atoms in total. The lowest BCUT2D eigenvalue weighted by Crippen LogP contribution is -2.27. The molecule has 2 heterocycles. The number of amides is 1. The second-order valence-corrected chi connectivity index (χ2v) is 7.93. The van der Waals surface area contributed by atoms with E-state index < -0.39 is 0 Å². The van der Waals surface area contributed by atoms with Gasteiger partial charge in [-0.1, -0.05) is 36.4 Å². The van der Waals surface area contributed by atoms with E-state index >= 15 is 0 Å². The van der Waals surface area contributed by atoms with E-state index in [1.165, 1.54) is 4.68 Å². The van der Waals surface area contributed by atoms with E-state index in [2.05, 4.69) is 28.7 Å². The quantitative estimate of drug-likeness (QED) is 0.566. The highest BCUT2D eigenvalue weighted by molar-refractivity contribution is 5.83. The molecule has 3 aromatic rings. The Hall–Kier alpha value is -3.48. The zero-order valence-corrected chi connectivity index (χ0v) is 18.7. The summed E-state index contributed by atoms with van der Waals surface area (Å²) in [5.74, 6) is -0.0901. The molecule has 0 fully saturated rings. The number of nitrogens with one attached hydrogen (secondary N) is 1. The van der Waals surface area contributed by atoms with Crippen LogP contribution >= 0.6 is 0 Å². The highest BCUT2D eigenvalue weighted by Crippen LogP contribution is 2.21. The van der Waals surface area contributed by atoms with Gasteiger partial charge in [0.25, 0.3) is 5.56 Å². The van der Waals surface area contributed by atoms with Crippen molar-refractivity contribution < 1.29 is 4.79 Å². The molecule has 1 N–H and O–H groups in total. The third-order valence-corrected chi connectivity index (χ3v) is 5.34. The Labute approximate surface area is 182 Å². The van der Waals surface area contributed by atoms with Gasteiger partial charge in [0.05, 0.1) is 22.5 Å². The van der Waals surface area contributed by atoms with E-state index in [1.807, 2.05) is 52.0 Å². The van der Waals surface area contributed by atoms with Crippen molar-refractivity contribution in [3.63, 3.8) is 0 Å². The average molecular weight is 420 g/mol.